The Kier molecular flexibility index (Phi) is 9.23. The number of pyridine rings is 1. The molecule has 0 fully saturated rings. The summed E-state index contributed by atoms with van der Waals surface area (Å²) in [6.45, 7) is 8.55. The summed E-state index contributed by atoms with van der Waals surface area (Å²) in [6, 6.07) is 9.70. The van der Waals surface area contributed by atoms with Gasteiger partial charge in [0.1, 0.15) is 16.4 Å². The van der Waals surface area contributed by atoms with Crippen molar-refractivity contribution >= 4 is 62.6 Å². The van der Waals surface area contributed by atoms with Gasteiger partial charge in [-0.15, -0.1) is 11.3 Å². The van der Waals surface area contributed by atoms with Gasteiger partial charge in [0.05, 0.1) is 9.39 Å². The Morgan fingerprint density at radius 3 is 2.62 bits per heavy atom. The van der Waals surface area contributed by atoms with Crippen LogP contribution in [0, 0.1) is 16.4 Å². The third-order valence-corrected chi connectivity index (χ3v) is 7.34. The monoisotopic (exact) mass is 503 g/mol. The first-order valence-corrected chi connectivity index (χ1v) is 12.5. The zero-order valence-electron chi connectivity index (χ0n) is 18.2. The van der Waals surface area contributed by atoms with E-state index in [-0.39, 0.29) is 6.61 Å². The summed E-state index contributed by atoms with van der Waals surface area (Å²) in [4.78, 5) is 4.97. The minimum atomic E-state index is -0.166. The van der Waals surface area contributed by atoms with Crippen LogP contribution >= 0.6 is 47.4 Å². The smallest absolute Gasteiger partial charge is 0.109 e. The molecule has 168 valence electrons. The summed E-state index contributed by atoms with van der Waals surface area (Å²) in [5.74, 6) is 5.74. The van der Waals surface area contributed by atoms with E-state index in [1.165, 1.54) is 0 Å². The molecule has 8 heteroatoms. The van der Waals surface area contributed by atoms with Crippen LogP contribution in [-0.4, -0.2) is 45.8 Å². The summed E-state index contributed by atoms with van der Waals surface area (Å²) >= 11 is 19.1. The second-order valence-electron chi connectivity index (χ2n) is 7.19. The Labute approximate surface area is 208 Å². The van der Waals surface area contributed by atoms with Gasteiger partial charge in [-0.25, -0.2) is 0 Å². The Bertz CT molecular complexity index is 1200. The zero-order chi connectivity index (χ0) is 23.1. The predicted octanol–water partition coefficient (Wildman–Crippen LogP) is 5.24. The van der Waals surface area contributed by atoms with Crippen molar-refractivity contribution in [3.8, 4) is 11.8 Å². The molecule has 0 saturated heterocycles. The molecule has 0 amide bonds. The van der Waals surface area contributed by atoms with Crippen molar-refractivity contribution < 1.29 is 5.11 Å². The number of likely N-dealkylation sites (N-methyl/N-ethyl adjacent to an activating group) is 1. The fraction of sp³-hybridized carbons (Fsp3) is 0.333. The van der Waals surface area contributed by atoms with Crippen LogP contribution in [0.25, 0.3) is 10.2 Å². The second kappa shape index (κ2) is 11.9. The van der Waals surface area contributed by atoms with Gasteiger partial charge in [0, 0.05) is 41.8 Å². The van der Waals surface area contributed by atoms with Crippen molar-refractivity contribution in [2.24, 2.45) is 0 Å². The van der Waals surface area contributed by atoms with Gasteiger partial charge in [0.15, 0.2) is 0 Å². The summed E-state index contributed by atoms with van der Waals surface area (Å²) in [5, 5.41) is 14.1. The number of benzene rings is 1. The normalized spacial score (nSPS) is 10.9. The molecule has 3 rings (SSSR count). The number of aliphatic hydroxyl groups excluding tert-OH is 1. The van der Waals surface area contributed by atoms with Crippen molar-refractivity contribution in [1.29, 1.82) is 0 Å². The van der Waals surface area contributed by atoms with Crippen molar-refractivity contribution in [2.75, 3.05) is 26.2 Å². The average Bonchev–Trinajstić information content (AvgIpc) is 3.24. The van der Waals surface area contributed by atoms with E-state index in [0.717, 1.165) is 56.9 Å². The topological polar surface area (TPSA) is 40.4 Å². The maximum absolute atomic E-state index is 9.06. The lowest BCUT2D eigenvalue weighted by molar-refractivity contribution is 0.292. The average molecular weight is 504 g/mol. The molecule has 2 heterocycles. The molecule has 0 aliphatic heterocycles. The van der Waals surface area contributed by atoms with Gasteiger partial charge >= 0.3 is 0 Å². The lowest BCUT2D eigenvalue weighted by Crippen LogP contribution is -2.27. The van der Waals surface area contributed by atoms with Crippen LogP contribution in [0.5, 0.6) is 0 Å². The van der Waals surface area contributed by atoms with E-state index in [4.69, 9.17) is 41.1 Å². The van der Waals surface area contributed by atoms with Crippen molar-refractivity contribution in [3.05, 3.63) is 62.1 Å². The minimum Gasteiger partial charge on any atom is -0.384 e. The quantitative estimate of drug-likeness (QED) is 0.325. The molecule has 0 spiro atoms. The van der Waals surface area contributed by atoms with Gasteiger partial charge in [-0.1, -0.05) is 73.9 Å². The number of halogens is 1. The molecule has 3 aromatic rings. The van der Waals surface area contributed by atoms with E-state index >= 15 is 0 Å². The molecule has 2 aromatic heterocycles. The maximum atomic E-state index is 9.06. The van der Waals surface area contributed by atoms with E-state index in [2.05, 4.69) is 46.7 Å². The summed E-state index contributed by atoms with van der Waals surface area (Å²) < 4.78 is 2.95. The SMILES string of the molecule is CCN(CC)CCn1cc(C(=S)NCc2ccc(Cl)cc2)c(=S)c2cc(C#CCO)sc21. The molecular formula is C24H26ClN3OS3. The first-order valence-electron chi connectivity index (χ1n) is 10.5. The van der Waals surface area contributed by atoms with Gasteiger partial charge < -0.3 is 19.9 Å². The molecule has 4 nitrogen and oxygen atoms in total. The molecule has 0 saturated carbocycles. The number of nitrogens with one attached hydrogen (secondary N) is 1. The molecular weight excluding hydrogens is 478 g/mol. The van der Waals surface area contributed by atoms with Crippen LogP contribution in [0.4, 0.5) is 0 Å². The third kappa shape index (κ3) is 6.16. The fourth-order valence-electron chi connectivity index (χ4n) is 3.36. The molecule has 0 aliphatic carbocycles. The molecule has 0 unspecified atom stereocenters. The molecule has 0 bridgehead atoms. The lowest BCUT2D eigenvalue weighted by Gasteiger charge is -2.20. The van der Waals surface area contributed by atoms with Gasteiger partial charge in [0.2, 0.25) is 0 Å². The van der Waals surface area contributed by atoms with Gasteiger partial charge in [-0.2, -0.15) is 0 Å². The number of rotatable bonds is 8. The predicted molar refractivity (Wildman–Crippen MR) is 142 cm³/mol. The van der Waals surface area contributed by atoms with E-state index in [9.17, 15) is 0 Å². The lowest BCUT2D eigenvalue weighted by atomic mass is 10.2. The molecule has 32 heavy (non-hydrogen) atoms. The molecule has 2 N–H and O–H groups in total. The number of thiocarbonyl (C=S) groups is 1. The first kappa shape index (κ1) is 24.8. The van der Waals surface area contributed by atoms with Gasteiger partial charge in [-0.05, 0) is 36.9 Å². The molecule has 0 atom stereocenters. The van der Waals surface area contributed by atoms with Crippen LogP contribution in [0.15, 0.2) is 36.5 Å². The molecule has 1 aromatic carbocycles. The van der Waals surface area contributed by atoms with E-state index < -0.39 is 0 Å². The first-order chi connectivity index (χ1) is 15.5. The van der Waals surface area contributed by atoms with Crippen LogP contribution in [-0.2, 0) is 13.1 Å². The Balaban J connectivity index is 1.95. The Morgan fingerprint density at radius 1 is 1.25 bits per heavy atom. The number of fused-ring (bicyclic) bond motifs is 1. The highest BCUT2D eigenvalue weighted by molar-refractivity contribution is 7.80. The highest BCUT2D eigenvalue weighted by Gasteiger charge is 2.14. The van der Waals surface area contributed by atoms with Crippen molar-refractivity contribution in [3.63, 3.8) is 0 Å². The van der Waals surface area contributed by atoms with E-state index in [1.54, 1.807) is 11.3 Å². The maximum Gasteiger partial charge on any atom is 0.109 e. The number of aromatic nitrogens is 1. The fourth-order valence-corrected chi connectivity index (χ4v) is 5.19. The molecule has 0 aliphatic rings. The zero-order valence-corrected chi connectivity index (χ0v) is 21.4. The minimum absolute atomic E-state index is 0.166. The Hall–Kier alpha value is -1.79. The van der Waals surface area contributed by atoms with Crippen LogP contribution in [0.2, 0.25) is 5.02 Å². The van der Waals surface area contributed by atoms with Crippen LogP contribution < -0.4 is 5.32 Å². The number of aliphatic hydroxyl groups is 1. The second-order valence-corrected chi connectivity index (χ2v) is 9.47. The summed E-state index contributed by atoms with van der Waals surface area (Å²) in [7, 11) is 0. The van der Waals surface area contributed by atoms with E-state index in [1.807, 2.05) is 30.3 Å². The summed E-state index contributed by atoms with van der Waals surface area (Å²) in [5.41, 5.74) is 1.94. The highest BCUT2D eigenvalue weighted by Crippen LogP contribution is 2.28. The summed E-state index contributed by atoms with van der Waals surface area (Å²) in [6.07, 6.45) is 2.06. The number of nitrogens with zero attached hydrogens (tertiary/aromatic N) is 2. The Morgan fingerprint density at radius 2 is 1.97 bits per heavy atom. The van der Waals surface area contributed by atoms with Crippen LogP contribution in [0.1, 0.15) is 29.9 Å². The molecule has 0 radical (unpaired) electrons. The van der Waals surface area contributed by atoms with Crippen molar-refractivity contribution in [2.45, 2.75) is 26.9 Å². The van der Waals surface area contributed by atoms with Crippen molar-refractivity contribution in [1.82, 2.24) is 14.8 Å². The number of hydrogen-bond donors (Lipinski definition) is 2. The standard InChI is InChI=1S/C24H26ClN3OS3/c1-3-27(4-2)11-12-28-16-21(23(31)26-15-17-7-9-18(25)10-8-17)22(30)20-14-19(6-5-13-29)32-24(20)28/h7-10,14,16,29H,3-4,11-13,15H2,1-2H3,(H,26,31). The van der Waals surface area contributed by atoms with Crippen LogP contribution in [0.3, 0.4) is 0 Å². The number of hydrogen-bond acceptors (Lipinski definition) is 5. The van der Waals surface area contributed by atoms with E-state index in [0.29, 0.717) is 16.6 Å². The number of thiophene rings is 1. The van der Waals surface area contributed by atoms with Gasteiger partial charge in [0.25, 0.3) is 0 Å². The van der Waals surface area contributed by atoms with Gasteiger partial charge in [-0.3, -0.25) is 0 Å². The highest BCUT2D eigenvalue weighted by atomic mass is 35.5. The third-order valence-electron chi connectivity index (χ3n) is 5.20. The largest absolute Gasteiger partial charge is 0.384 e.